The van der Waals surface area contributed by atoms with Gasteiger partial charge in [-0.1, -0.05) is 39.5 Å². The Bertz CT molecular complexity index is 845. The van der Waals surface area contributed by atoms with Crippen LogP contribution in [0.15, 0.2) is 37.4 Å². The van der Waals surface area contributed by atoms with Crippen LogP contribution in [0.3, 0.4) is 0 Å². The summed E-state index contributed by atoms with van der Waals surface area (Å²) in [4.78, 5) is 0. The molecule has 13 heteroatoms. The third kappa shape index (κ3) is 15.8. The third-order valence-corrected chi connectivity index (χ3v) is 5.62. The number of halogens is 5. The van der Waals surface area contributed by atoms with Crippen molar-refractivity contribution in [1.82, 2.24) is 9.13 Å². The monoisotopic (exact) mass is 550 g/mol. The minimum atomic E-state index is -6.23. The first-order chi connectivity index (χ1) is 15.8. The Morgan fingerprint density at radius 3 is 1.40 bits per heavy atom. The maximum Gasteiger partial charge on any atom is 0.393 e. The molecule has 2 rings (SSSR count). The first-order valence-corrected chi connectivity index (χ1v) is 12.9. The van der Waals surface area contributed by atoms with Crippen molar-refractivity contribution in [2.75, 3.05) is 0 Å². The van der Waals surface area contributed by atoms with Crippen molar-refractivity contribution in [3.05, 3.63) is 37.4 Å². The molecule has 0 amide bonds. The van der Waals surface area contributed by atoms with E-state index in [4.69, 9.17) is 0 Å². The molecule has 0 unspecified atom stereocenters. The highest BCUT2D eigenvalue weighted by Gasteiger charge is 2.48. The highest BCUT2D eigenvalue weighted by atomic mass is 35.5. The second-order valence-electron chi connectivity index (χ2n) is 8.07. The molecule has 206 valence electrons. The van der Waals surface area contributed by atoms with Gasteiger partial charge in [0.2, 0.25) is 12.7 Å². The molecule has 35 heavy (non-hydrogen) atoms. The SMILES string of the molecule is CCCCCC[n+]1ccn(C)c1.CCCCCC[n+]1ccn(C)c1.O=S(=O)([O-])C(F)(F)C(F)F.[Cl-]. The summed E-state index contributed by atoms with van der Waals surface area (Å²) >= 11 is 0. The van der Waals surface area contributed by atoms with Crippen LogP contribution in [0.1, 0.15) is 65.2 Å². The van der Waals surface area contributed by atoms with E-state index >= 15 is 0 Å². The van der Waals surface area contributed by atoms with Crippen LogP contribution in [-0.4, -0.2) is 33.8 Å². The van der Waals surface area contributed by atoms with Crippen LogP contribution in [0.25, 0.3) is 0 Å². The van der Waals surface area contributed by atoms with E-state index in [0.717, 1.165) is 0 Å². The van der Waals surface area contributed by atoms with Crippen molar-refractivity contribution < 1.29 is 52.1 Å². The molecule has 0 aliphatic rings. The van der Waals surface area contributed by atoms with Gasteiger partial charge in [0.15, 0.2) is 10.1 Å². The largest absolute Gasteiger partial charge is 1.00 e. The summed E-state index contributed by atoms with van der Waals surface area (Å²) in [6, 6.07) is 0. The fourth-order valence-corrected chi connectivity index (χ4v) is 3.04. The Balaban J connectivity index is 0. The summed E-state index contributed by atoms with van der Waals surface area (Å²) in [5.41, 5.74) is 0. The molecule has 0 aliphatic heterocycles. The summed E-state index contributed by atoms with van der Waals surface area (Å²) in [6.45, 7) is 6.83. The number of alkyl halides is 4. The van der Waals surface area contributed by atoms with Gasteiger partial charge in [-0.3, -0.25) is 0 Å². The molecular formula is C22H39ClF4N4O3S. The quantitative estimate of drug-likeness (QED) is 0.172. The van der Waals surface area contributed by atoms with Crippen molar-refractivity contribution in [3.63, 3.8) is 0 Å². The summed E-state index contributed by atoms with van der Waals surface area (Å²) in [6.07, 6.45) is 18.9. The topological polar surface area (TPSA) is 74.8 Å². The summed E-state index contributed by atoms with van der Waals surface area (Å²) in [5.74, 6) is 0. The third-order valence-electron chi connectivity index (χ3n) is 4.77. The molecule has 0 saturated heterocycles. The smallest absolute Gasteiger partial charge is 0.393 e. The van der Waals surface area contributed by atoms with Gasteiger partial charge in [-0.15, -0.1) is 0 Å². The fourth-order valence-electron chi connectivity index (χ4n) is 2.82. The van der Waals surface area contributed by atoms with E-state index < -0.39 is 21.8 Å². The van der Waals surface area contributed by atoms with Crippen LogP contribution < -0.4 is 21.5 Å². The van der Waals surface area contributed by atoms with Gasteiger partial charge in [-0.2, -0.15) is 8.78 Å². The predicted molar refractivity (Wildman–Crippen MR) is 120 cm³/mol. The maximum atomic E-state index is 11.4. The van der Waals surface area contributed by atoms with E-state index in [-0.39, 0.29) is 12.4 Å². The number of aryl methyl sites for hydroxylation is 4. The summed E-state index contributed by atoms with van der Waals surface area (Å²) < 4.78 is 81.3. The van der Waals surface area contributed by atoms with E-state index in [1.165, 1.54) is 64.5 Å². The van der Waals surface area contributed by atoms with E-state index in [2.05, 4.69) is 83.7 Å². The van der Waals surface area contributed by atoms with Gasteiger partial charge in [0.25, 0.3) is 0 Å². The normalized spacial score (nSPS) is 11.3. The lowest BCUT2D eigenvalue weighted by Gasteiger charge is -2.17. The van der Waals surface area contributed by atoms with Crippen LogP contribution in [0.2, 0.25) is 0 Å². The molecule has 0 spiro atoms. The highest BCUT2D eigenvalue weighted by Crippen LogP contribution is 2.27. The summed E-state index contributed by atoms with van der Waals surface area (Å²) in [7, 11) is -2.12. The molecule has 0 bridgehead atoms. The molecule has 0 radical (unpaired) electrons. The average molecular weight is 551 g/mol. The van der Waals surface area contributed by atoms with Gasteiger partial charge in [-0.25, -0.2) is 35.5 Å². The number of rotatable bonds is 12. The second kappa shape index (κ2) is 18.6. The predicted octanol–water partition coefficient (Wildman–Crippen LogP) is 1.18. The molecule has 7 nitrogen and oxygen atoms in total. The second-order valence-corrected chi connectivity index (χ2v) is 9.52. The molecule has 0 aliphatic carbocycles. The standard InChI is InChI=1S/2C10H19N2.C2H2F4O3S.ClH/c2*1-3-4-5-6-7-12-9-8-11(2)10-12;3-1(4)2(5,6)10(7,8)9;/h2*8-10H,3-7H2,1-2H3;1H,(H,7,8,9);1H/q2*+1;;/p-2. The number of unbranched alkanes of at least 4 members (excludes halogenated alkanes) is 6. The molecule has 0 fully saturated rings. The van der Waals surface area contributed by atoms with E-state index in [1.807, 2.05) is 0 Å². The Morgan fingerprint density at radius 2 is 1.20 bits per heavy atom. The van der Waals surface area contributed by atoms with Crippen molar-refractivity contribution in [1.29, 1.82) is 0 Å². The van der Waals surface area contributed by atoms with Crippen LogP contribution in [0, 0.1) is 0 Å². The molecule has 0 atom stereocenters. The minimum absolute atomic E-state index is 0. The Hall–Kier alpha value is -1.66. The number of hydrogen-bond acceptors (Lipinski definition) is 3. The molecule has 2 aromatic heterocycles. The Morgan fingerprint density at radius 1 is 0.829 bits per heavy atom. The summed E-state index contributed by atoms with van der Waals surface area (Å²) in [5, 5.41) is -5.48. The lowest BCUT2D eigenvalue weighted by atomic mass is 10.2. The highest BCUT2D eigenvalue weighted by molar-refractivity contribution is 7.86. The van der Waals surface area contributed by atoms with Gasteiger partial charge in [-0.05, 0) is 25.7 Å². The van der Waals surface area contributed by atoms with Crippen LogP contribution in [0.4, 0.5) is 17.6 Å². The minimum Gasteiger partial charge on any atom is -1.00 e. The zero-order valence-corrected chi connectivity index (χ0v) is 22.5. The van der Waals surface area contributed by atoms with Crippen molar-refractivity contribution >= 4 is 10.1 Å². The lowest BCUT2D eigenvalue weighted by molar-refractivity contribution is -0.697. The van der Waals surface area contributed by atoms with Gasteiger partial charge < -0.3 is 17.0 Å². The molecule has 2 heterocycles. The molecule has 0 saturated carbocycles. The van der Waals surface area contributed by atoms with Crippen molar-refractivity contribution in [2.24, 2.45) is 14.1 Å². The van der Waals surface area contributed by atoms with E-state index in [1.54, 1.807) is 0 Å². The van der Waals surface area contributed by atoms with Crippen molar-refractivity contribution in [2.45, 2.75) is 90.0 Å². The van der Waals surface area contributed by atoms with Gasteiger partial charge in [0.1, 0.15) is 24.8 Å². The number of hydrogen-bond donors (Lipinski definition) is 0. The van der Waals surface area contributed by atoms with Gasteiger partial charge >= 0.3 is 11.7 Å². The van der Waals surface area contributed by atoms with Crippen molar-refractivity contribution in [3.8, 4) is 0 Å². The maximum absolute atomic E-state index is 11.4. The molecule has 2 aromatic rings. The van der Waals surface area contributed by atoms with Crippen LogP contribution >= 0.6 is 0 Å². The van der Waals surface area contributed by atoms with Crippen LogP contribution in [-0.2, 0) is 37.3 Å². The molecule has 0 aromatic carbocycles. The number of imidazole rings is 2. The number of nitrogens with zero attached hydrogens (tertiary/aromatic N) is 4. The molecular weight excluding hydrogens is 512 g/mol. The zero-order valence-electron chi connectivity index (χ0n) is 20.9. The van der Waals surface area contributed by atoms with E-state index in [9.17, 15) is 30.5 Å². The fraction of sp³-hybridized carbons (Fsp3) is 0.727. The van der Waals surface area contributed by atoms with E-state index in [0.29, 0.717) is 0 Å². The van der Waals surface area contributed by atoms with Gasteiger partial charge in [0, 0.05) is 0 Å². The lowest BCUT2D eigenvalue weighted by Crippen LogP contribution is -3.00. The Kier molecular flexibility index (Phi) is 18.9. The average Bonchev–Trinajstić information content (AvgIpc) is 3.36. The van der Waals surface area contributed by atoms with Gasteiger partial charge in [0.05, 0.1) is 27.2 Å². The Labute approximate surface area is 212 Å². The van der Waals surface area contributed by atoms with Crippen LogP contribution in [0.5, 0.6) is 0 Å². The first kappa shape index (κ1) is 35.5. The molecule has 0 N–H and O–H groups in total. The first-order valence-electron chi connectivity index (χ1n) is 11.5. The zero-order chi connectivity index (χ0) is 26.2. The number of aromatic nitrogens is 4.